The first kappa shape index (κ1) is 17.5. The first-order valence-electron chi connectivity index (χ1n) is 6.73. The van der Waals surface area contributed by atoms with Crippen LogP contribution in [0.2, 0.25) is 0 Å². The van der Waals surface area contributed by atoms with Gasteiger partial charge in [0.15, 0.2) is 0 Å². The molecule has 0 heterocycles. The van der Waals surface area contributed by atoms with Gasteiger partial charge in [0.05, 0.1) is 16.8 Å². The van der Waals surface area contributed by atoms with Gasteiger partial charge in [-0.3, -0.25) is 9.59 Å². The lowest BCUT2D eigenvalue weighted by atomic mass is 10.1. The molecule has 0 saturated carbocycles. The Balaban J connectivity index is 2.30. The van der Waals surface area contributed by atoms with Crippen molar-refractivity contribution in [3.05, 3.63) is 59.4 Å². The van der Waals surface area contributed by atoms with Crippen LogP contribution in [0, 0.1) is 5.82 Å². The second-order valence-electron chi connectivity index (χ2n) is 4.87. The highest BCUT2D eigenvalue weighted by molar-refractivity contribution is 6.05. The normalized spacial score (nSPS) is 11.0. The molecule has 0 aliphatic carbocycles. The standard InChI is InChI=1S/C16H12F4N2O2/c1-9(23)21-14-8-10(6-7-13(14)17)22-15(24)11-4-2-3-5-12(11)16(18,19)20/h2-8H,1H3,(H,21,23)(H,22,24). The monoisotopic (exact) mass is 340 g/mol. The molecule has 0 aromatic heterocycles. The maximum atomic E-state index is 13.5. The number of hydrogen-bond acceptors (Lipinski definition) is 2. The van der Waals surface area contributed by atoms with Crippen LogP contribution in [0.1, 0.15) is 22.8 Å². The Labute approximate surface area is 134 Å². The molecule has 24 heavy (non-hydrogen) atoms. The third kappa shape index (κ3) is 4.09. The summed E-state index contributed by atoms with van der Waals surface area (Å²) in [6.07, 6.45) is -4.68. The van der Waals surface area contributed by atoms with E-state index >= 15 is 0 Å². The molecule has 8 heteroatoms. The van der Waals surface area contributed by atoms with Gasteiger partial charge in [0.25, 0.3) is 5.91 Å². The first-order chi connectivity index (χ1) is 11.2. The number of hydrogen-bond donors (Lipinski definition) is 2. The highest BCUT2D eigenvalue weighted by Gasteiger charge is 2.34. The zero-order valence-electron chi connectivity index (χ0n) is 12.4. The Kier molecular flexibility index (Phi) is 4.87. The molecule has 2 N–H and O–H groups in total. The van der Waals surface area contributed by atoms with Crippen LogP contribution >= 0.6 is 0 Å². The van der Waals surface area contributed by atoms with Crippen molar-refractivity contribution in [2.45, 2.75) is 13.1 Å². The molecule has 4 nitrogen and oxygen atoms in total. The van der Waals surface area contributed by atoms with E-state index in [-0.39, 0.29) is 11.4 Å². The van der Waals surface area contributed by atoms with Gasteiger partial charge in [-0.1, -0.05) is 12.1 Å². The third-order valence-electron chi connectivity index (χ3n) is 3.01. The van der Waals surface area contributed by atoms with Crippen LogP contribution in [0.5, 0.6) is 0 Å². The van der Waals surface area contributed by atoms with Crippen molar-refractivity contribution in [3.8, 4) is 0 Å². The minimum absolute atomic E-state index is 0.0436. The van der Waals surface area contributed by atoms with Gasteiger partial charge >= 0.3 is 6.18 Å². The zero-order chi connectivity index (χ0) is 17.9. The van der Waals surface area contributed by atoms with Crippen LogP contribution in [0.3, 0.4) is 0 Å². The van der Waals surface area contributed by atoms with E-state index in [1.165, 1.54) is 25.1 Å². The van der Waals surface area contributed by atoms with Crippen molar-refractivity contribution < 1.29 is 27.2 Å². The SMILES string of the molecule is CC(=O)Nc1cc(NC(=O)c2ccccc2C(F)(F)F)ccc1F. The lowest BCUT2D eigenvalue weighted by Crippen LogP contribution is -2.18. The molecular formula is C16H12F4N2O2. The Hall–Kier alpha value is -2.90. The fraction of sp³-hybridized carbons (Fsp3) is 0.125. The van der Waals surface area contributed by atoms with Crippen LogP contribution in [0.15, 0.2) is 42.5 Å². The molecule has 0 atom stereocenters. The van der Waals surface area contributed by atoms with Crippen molar-refractivity contribution in [2.24, 2.45) is 0 Å². The average molecular weight is 340 g/mol. The average Bonchev–Trinajstić information content (AvgIpc) is 2.49. The van der Waals surface area contributed by atoms with Crippen molar-refractivity contribution in [2.75, 3.05) is 10.6 Å². The van der Waals surface area contributed by atoms with E-state index in [0.29, 0.717) is 0 Å². The molecule has 0 saturated heterocycles. The Morgan fingerprint density at radius 2 is 1.67 bits per heavy atom. The van der Waals surface area contributed by atoms with E-state index < -0.39 is 34.9 Å². The molecule has 0 radical (unpaired) electrons. The summed E-state index contributed by atoms with van der Waals surface area (Å²) in [5.74, 6) is -2.26. The highest BCUT2D eigenvalue weighted by atomic mass is 19.4. The maximum Gasteiger partial charge on any atom is 0.417 e. The minimum Gasteiger partial charge on any atom is -0.324 e. The molecule has 2 aromatic rings. The molecule has 0 spiro atoms. The smallest absolute Gasteiger partial charge is 0.324 e. The predicted molar refractivity (Wildman–Crippen MR) is 80.1 cm³/mol. The van der Waals surface area contributed by atoms with Crippen molar-refractivity contribution in [1.29, 1.82) is 0 Å². The number of carbonyl (C=O) groups excluding carboxylic acids is 2. The number of anilines is 2. The molecule has 0 aliphatic heterocycles. The largest absolute Gasteiger partial charge is 0.417 e. The Morgan fingerprint density at radius 3 is 2.29 bits per heavy atom. The second kappa shape index (κ2) is 6.69. The molecule has 0 unspecified atom stereocenters. The number of nitrogens with one attached hydrogen (secondary N) is 2. The summed E-state index contributed by atoms with van der Waals surface area (Å²) in [4.78, 5) is 23.1. The van der Waals surface area contributed by atoms with Crippen LogP contribution in [0.4, 0.5) is 28.9 Å². The number of halogens is 4. The van der Waals surface area contributed by atoms with E-state index in [9.17, 15) is 27.2 Å². The third-order valence-corrected chi connectivity index (χ3v) is 3.01. The van der Waals surface area contributed by atoms with Gasteiger partial charge in [0, 0.05) is 12.6 Å². The van der Waals surface area contributed by atoms with Crippen molar-refractivity contribution >= 4 is 23.2 Å². The van der Waals surface area contributed by atoms with Crippen LogP contribution in [-0.2, 0) is 11.0 Å². The fourth-order valence-corrected chi connectivity index (χ4v) is 2.02. The summed E-state index contributed by atoms with van der Waals surface area (Å²) in [5.41, 5.74) is -1.78. The first-order valence-corrected chi connectivity index (χ1v) is 6.73. The van der Waals surface area contributed by atoms with Crippen molar-refractivity contribution in [3.63, 3.8) is 0 Å². The molecule has 0 aliphatic rings. The lowest BCUT2D eigenvalue weighted by Gasteiger charge is -2.13. The van der Waals surface area contributed by atoms with Gasteiger partial charge in [0.2, 0.25) is 5.91 Å². The molecule has 0 bridgehead atoms. The Morgan fingerprint density at radius 1 is 1.00 bits per heavy atom. The highest BCUT2D eigenvalue weighted by Crippen LogP contribution is 2.32. The summed E-state index contributed by atoms with van der Waals surface area (Å²) >= 11 is 0. The van der Waals surface area contributed by atoms with Gasteiger partial charge in [-0.05, 0) is 30.3 Å². The van der Waals surface area contributed by atoms with Crippen molar-refractivity contribution in [1.82, 2.24) is 0 Å². The number of carbonyl (C=O) groups is 2. The number of rotatable bonds is 3. The summed E-state index contributed by atoms with van der Waals surface area (Å²) in [6, 6.07) is 7.58. The lowest BCUT2D eigenvalue weighted by molar-refractivity contribution is -0.137. The number of amides is 2. The second-order valence-corrected chi connectivity index (χ2v) is 4.87. The van der Waals surface area contributed by atoms with E-state index in [0.717, 1.165) is 24.3 Å². The quantitative estimate of drug-likeness (QED) is 0.828. The minimum atomic E-state index is -4.68. The van der Waals surface area contributed by atoms with Gasteiger partial charge in [-0.2, -0.15) is 13.2 Å². The van der Waals surface area contributed by atoms with E-state index in [2.05, 4.69) is 10.6 Å². The molecular weight excluding hydrogens is 328 g/mol. The summed E-state index contributed by atoms with van der Waals surface area (Å²) in [5, 5.41) is 4.47. The van der Waals surface area contributed by atoms with Gasteiger partial charge in [-0.15, -0.1) is 0 Å². The fourth-order valence-electron chi connectivity index (χ4n) is 2.02. The topological polar surface area (TPSA) is 58.2 Å². The van der Waals surface area contributed by atoms with Crippen LogP contribution in [-0.4, -0.2) is 11.8 Å². The van der Waals surface area contributed by atoms with Crippen LogP contribution in [0.25, 0.3) is 0 Å². The van der Waals surface area contributed by atoms with Gasteiger partial charge < -0.3 is 10.6 Å². The van der Waals surface area contributed by atoms with Crippen LogP contribution < -0.4 is 10.6 Å². The van der Waals surface area contributed by atoms with Gasteiger partial charge in [0.1, 0.15) is 5.82 Å². The number of benzene rings is 2. The maximum absolute atomic E-state index is 13.5. The van der Waals surface area contributed by atoms with Gasteiger partial charge in [-0.25, -0.2) is 4.39 Å². The number of alkyl halides is 3. The predicted octanol–water partition coefficient (Wildman–Crippen LogP) is 4.06. The molecule has 126 valence electrons. The van der Waals surface area contributed by atoms with E-state index in [1.54, 1.807) is 0 Å². The molecule has 2 amide bonds. The van der Waals surface area contributed by atoms with E-state index in [4.69, 9.17) is 0 Å². The summed E-state index contributed by atoms with van der Waals surface area (Å²) in [7, 11) is 0. The molecule has 2 aromatic carbocycles. The molecule has 2 rings (SSSR count). The zero-order valence-corrected chi connectivity index (χ0v) is 12.4. The Bertz CT molecular complexity index is 788. The summed E-state index contributed by atoms with van der Waals surface area (Å²) in [6.45, 7) is 1.17. The summed E-state index contributed by atoms with van der Waals surface area (Å²) < 4.78 is 52.3. The van der Waals surface area contributed by atoms with E-state index in [1.807, 2.05) is 0 Å². The molecule has 0 fully saturated rings.